The number of rotatable bonds is 7. The molecule has 2 fully saturated rings. The summed E-state index contributed by atoms with van der Waals surface area (Å²) >= 11 is 0. The molecule has 1 aromatic heterocycles. The zero-order valence-corrected chi connectivity index (χ0v) is 19.8. The highest BCUT2D eigenvalue weighted by atomic mass is 19.4. The van der Waals surface area contributed by atoms with Crippen molar-refractivity contribution < 1.29 is 22.7 Å². The van der Waals surface area contributed by atoms with Gasteiger partial charge in [-0.15, -0.1) is 0 Å². The summed E-state index contributed by atoms with van der Waals surface area (Å²) < 4.78 is 47.0. The highest BCUT2D eigenvalue weighted by Gasteiger charge is 2.36. The van der Waals surface area contributed by atoms with Crippen molar-refractivity contribution in [1.29, 1.82) is 0 Å². The summed E-state index contributed by atoms with van der Waals surface area (Å²) in [6, 6.07) is 8.67. The summed E-state index contributed by atoms with van der Waals surface area (Å²) in [6.07, 6.45) is 1.60. The lowest BCUT2D eigenvalue weighted by atomic mass is 9.82. The summed E-state index contributed by atoms with van der Waals surface area (Å²) in [4.78, 5) is 20.1. The highest BCUT2D eigenvalue weighted by Crippen LogP contribution is 2.40. The number of benzene rings is 1. The number of likely N-dealkylation sites (tertiary alicyclic amines) is 1. The Morgan fingerprint density at radius 3 is 2.41 bits per heavy atom. The molecule has 184 valence electrons. The fourth-order valence-electron chi connectivity index (χ4n) is 4.90. The van der Waals surface area contributed by atoms with E-state index in [0.717, 1.165) is 63.4 Å². The Kier molecular flexibility index (Phi) is 7.45. The number of halogens is 3. The second-order valence-corrected chi connectivity index (χ2v) is 9.65. The van der Waals surface area contributed by atoms with Crippen LogP contribution in [0.5, 0.6) is 5.75 Å². The normalized spacial score (nSPS) is 17.9. The van der Waals surface area contributed by atoms with Crippen LogP contribution in [0.25, 0.3) is 0 Å². The van der Waals surface area contributed by atoms with Crippen LogP contribution in [0.15, 0.2) is 36.5 Å². The van der Waals surface area contributed by atoms with Crippen molar-refractivity contribution in [3.8, 4) is 5.75 Å². The first-order valence-electron chi connectivity index (χ1n) is 11.9. The molecule has 1 amide bonds. The van der Waals surface area contributed by atoms with Gasteiger partial charge in [0.25, 0.3) is 0 Å². The van der Waals surface area contributed by atoms with Crippen LogP contribution >= 0.6 is 0 Å². The molecule has 2 aromatic rings. The van der Waals surface area contributed by atoms with Crippen molar-refractivity contribution in [2.45, 2.75) is 57.3 Å². The molecule has 2 heterocycles. The van der Waals surface area contributed by atoms with E-state index in [-0.39, 0.29) is 30.0 Å². The van der Waals surface area contributed by atoms with Gasteiger partial charge >= 0.3 is 6.18 Å². The summed E-state index contributed by atoms with van der Waals surface area (Å²) in [6.45, 7) is 2.23. The molecule has 0 radical (unpaired) electrons. The van der Waals surface area contributed by atoms with E-state index in [0.29, 0.717) is 11.3 Å². The molecular weight excluding hydrogens is 443 g/mol. The molecule has 4 rings (SSSR count). The maximum atomic E-state index is 13.7. The number of carbonyl (C=O) groups is 1. The van der Waals surface area contributed by atoms with Crippen molar-refractivity contribution in [3.63, 3.8) is 0 Å². The highest BCUT2D eigenvalue weighted by molar-refractivity contribution is 5.79. The van der Waals surface area contributed by atoms with E-state index >= 15 is 0 Å². The molecule has 8 heteroatoms. The van der Waals surface area contributed by atoms with E-state index in [4.69, 9.17) is 4.74 Å². The molecule has 34 heavy (non-hydrogen) atoms. The monoisotopic (exact) mass is 475 g/mol. The Labute approximate surface area is 198 Å². The van der Waals surface area contributed by atoms with Gasteiger partial charge in [0.1, 0.15) is 12.4 Å². The Balaban J connectivity index is 1.33. The molecule has 1 aromatic carbocycles. The maximum absolute atomic E-state index is 13.7. The van der Waals surface area contributed by atoms with Crippen LogP contribution in [0.1, 0.15) is 60.4 Å². The third-order valence-electron chi connectivity index (χ3n) is 6.81. The molecule has 1 saturated carbocycles. The zero-order chi connectivity index (χ0) is 24.3. The minimum absolute atomic E-state index is 0.0200. The van der Waals surface area contributed by atoms with E-state index in [1.54, 1.807) is 19.0 Å². The SMILES string of the molecule is CN(C)C(=O)C1CN(Cc2ccc(OCc3cc(C(F)(F)F)c(C4CCCCC4)cn3)cc2)C1. The first kappa shape index (κ1) is 24.5. The third-order valence-corrected chi connectivity index (χ3v) is 6.81. The average Bonchev–Trinajstić information content (AvgIpc) is 2.80. The fraction of sp³-hybridized carbons (Fsp3) is 0.538. The van der Waals surface area contributed by atoms with Gasteiger partial charge in [0.2, 0.25) is 5.91 Å². The van der Waals surface area contributed by atoms with Crippen molar-refractivity contribution in [2.24, 2.45) is 5.92 Å². The number of pyridine rings is 1. The molecule has 1 aliphatic carbocycles. The number of alkyl halides is 3. The topological polar surface area (TPSA) is 45.7 Å². The lowest BCUT2D eigenvalue weighted by Gasteiger charge is -2.39. The third kappa shape index (κ3) is 5.90. The lowest BCUT2D eigenvalue weighted by Crippen LogP contribution is -2.52. The fourth-order valence-corrected chi connectivity index (χ4v) is 4.90. The van der Waals surface area contributed by atoms with Gasteiger partial charge in [0.15, 0.2) is 0 Å². The molecule has 0 bridgehead atoms. The van der Waals surface area contributed by atoms with Crippen LogP contribution in [-0.4, -0.2) is 47.9 Å². The van der Waals surface area contributed by atoms with E-state index in [1.165, 1.54) is 6.20 Å². The molecule has 0 atom stereocenters. The molecule has 2 aliphatic rings. The quantitative estimate of drug-likeness (QED) is 0.549. The molecule has 1 aliphatic heterocycles. The van der Waals surface area contributed by atoms with Crippen LogP contribution in [0.2, 0.25) is 0 Å². The van der Waals surface area contributed by atoms with Crippen LogP contribution in [0, 0.1) is 5.92 Å². The number of hydrogen-bond acceptors (Lipinski definition) is 4. The van der Waals surface area contributed by atoms with Gasteiger partial charge in [0, 0.05) is 39.9 Å². The van der Waals surface area contributed by atoms with Gasteiger partial charge in [-0.2, -0.15) is 13.2 Å². The number of amides is 1. The van der Waals surface area contributed by atoms with Crippen molar-refractivity contribution in [3.05, 3.63) is 58.9 Å². The number of nitrogens with zero attached hydrogens (tertiary/aromatic N) is 3. The van der Waals surface area contributed by atoms with Gasteiger partial charge < -0.3 is 9.64 Å². The summed E-state index contributed by atoms with van der Waals surface area (Å²) in [7, 11) is 3.54. The summed E-state index contributed by atoms with van der Waals surface area (Å²) in [5.41, 5.74) is 1.11. The molecule has 0 N–H and O–H groups in total. The lowest BCUT2D eigenvalue weighted by molar-refractivity contribution is -0.139. The molecule has 0 spiro atoms. The van der Waals surface area contributed by atoms with Crippen LogP contribution in [0.3, 0.4) is 0 Å². The number of carbonyl (C=O) groups excluding carboxylic acids is 1. The zero-order valence-electron chi connectivity index (χ0n) is 19.8. The van der Waals surface area contributed by atoms with Gasteiger partial charge in [-0.25, -0.2) is 0 Å². The summed E-state index contributed by atoms with van der Waals surface area (Å²) in [5, 5.41) is 0. The van der Waals surface area contributed by atoms with Gasteiger partial charge in [-0.1, -0.05) is 31.4 Å². The van der Waals surface area contributed by atoms with Crippen molar-refractivity contribution in [2.75, 3.05) is 27.2 Å². The van der Waals surface area contributed by atoms with Crippen molar-refractivity contribution >= 4 is 5.91 Å². The standard InChI is InChI=1S/C26H32F3N3O2/c1-31(2)25(33)20-15-32(16-20)14-18-8-10-22(11-9-18)34-17-21-12-24(26(27,28)29)23(13-30-21)19-6-4-3-5-7-19/h8-13,19-20H,3-7,14-17H2,1-2H3. The second kappa shape index (κ2) is 10.3. The van der Waals surface area contributed by atoms with Gasteiger partial charge in [-0.3, -0.25) is 14.7 Å². The summed E-state index contributed by atoms with van der Waals surface area (Å²) in [5.74, 6) is 0.744. The Morgan fingerprint density at radius 1 is 1.12 bits per heavy atom. The smallest absolute Gasteiger partial charge is 0.416 e. The van der Waals surface area contributed by atoms with E-state index in [1.807, 2.05) is 24.3 Å². The number of aromatic nitrogens is 1. The minimum Gasteiger partial charge on any atom is -0.487 e. The molecule has 1 saturated heterocycles. The average molecular weight is 476 g/mol. The van der Waals surface area contributed by atoms with E-state index in [9.17, 15) is 18.0 Å². The minimum atomic E-state index is -4.40. The number of hydrogen-bond donors (Lipinski definition) is 0. The molecular formula is C26H32F3N3O2. The maximum Gasteiger partial charge on any atom is 0.416 e. The molecule has 5 nitrogen and oxygen atoms in total. The Morgan fingerprint density at radius 2 is 1.79 bits per heavy atom. The van der Waals surface area contributed by atoms with Crippen molar-refractivity contribution in [1.82, 2.24) is 14.8 Å². The first-order valence-corrected chi connectivity index (χ1v) is 11.9. The van der Waals surface area contributed by atoms with Crippen LogP contribution in [-0.2, 0) is 24.1 Å². The Bertz CT molecular complexity index is 980. The first-order chi connectivity index (χ1) is 16.2. The van der Waals surface area contributed by atoms with E-state index < -0.39 is 11.7 Å². The molecule has 0 unspecified atom stereocenters. The van der Waals surface area contributed by atoms with Crippen LogP contribution in [0.4, 0.5) is 13.2 Å². The number of ether oxygens (including phenoxy) is 1. The van der Waals surface area contributed by atoms with Gasteiger partial charge in [0.05, 0.1) is 17.2 Å². The predicted octanol–water partition coefficient (Wildman–Crippen LogP) is 5.25. The Hall–Kier alpha value is -2.61. The van der Waals surface area contributed by atoms with E-state index in [2.05, 4.69) is 9.88 Å². The van der Waals surface area contributed by atoms with Gasteiger partial charge in [-0.05, 0) is 48.1 Å². The second-order valence-electron chi connectivity index (χ2n) is 9.65. The predicted molar refractivity (Wildman–Crippen MR) is 123 cm³/mol. The largest absolute Gasteiger partial charge is 0.487 e. The van der Waals surface area contributed by atoms with Crippen LogP contribution < -0.4 is 4.74 Å².